The first-order chi connectivity index (χ1) is 9.28. The fraction of sp³-hybridized carbons (Fsp3) is 0.692. The number of hydrogen-bond donors (Lipinski definition) is 3. The third-order valence-electron chi connectivity index (χ3n) is 3.29. The first-order valence-electron chi connectivity index (χ1n) is 6.92. The van der Waals surface area contributed by atoms with Crippen molar-refractivity contribution in [1.29, 1.82) is 0 Å². The van der Waals surface area contributed by atoms with Crippen molar-refractivity contribution in [2.45, 2.75) is 38.1 Å². The lowest BCUT2D eigenvalue weighted by atomic mass is 9.95. The Bertz CT molecular complexity index is 393. The molecule has 6 heteroatoms. The van der Waals surface area contributed by atoms with Gasteiger partial charge in [-0.2, -0.15) is 9.97 Å². The van der Waals surface area contributed by atoms with E-state index in [1.54, 1.807) is 13.2 Å². The molecule has 1 aromatic heterocycles. The van der Waals surface area contributed by atoms with Crippen LogP contribution in [0.5, 0.6) is 0 Å². The van der Waals surface area contributed by atoms with E-state index in [0.717, 1.165) is 5.82 Å². The zero-order valence-electron chi connectivity index (χ0n) is 11.5. The molecule has 106 valence electrons. The molecule has 1 aliphatic rings. The fourth-order valence-electron chi connectivity index (χ4n) is 2.34. The Kier molecular flexibility index (Phi) is 5.20. The lowest BCUT2D eigenvalue weighted by molar-refractivity contribution is 0.210. The van der Waals surface area contributed by atoms with Gasteiger partial charge in [-0.3, -0.25) is 0 Å². The molecule has 0 aliphatic heterocycles. The van der Waals surface area contributed by atoms with Crippen LogP contribution in [0.2, 0.25) is 0 Å². The fourth-order valence-corrected chi connectivity index (χ4v) is 2.34. The molecule has 19 heavy (non-hydrogen) atoms. The van der Waals surface area contributed by atoms with Gasteiger partial charge in [0.1, 0.15) is 11.6 Å². The molecule has 1 fully saturated rings. The normalized spacial score (nSPS) is 16.3. The maximum atomic E-state index is 5.81. The zero-order chi connectivity index (χ0) is 13.5. The van der Waals surface area contributed by atoms with Gasteiger partial charge >= 0.3 is 0 Å². The minimum Gasteiger partial charge on any atom is -0.383 e. The highest BCUT2D eigenvalue weighted by atomic mass is 16.5. The molecular formula is C13H23N5O. The van der Waals surface area contributed by atoms with Crippen LogP contribution in [-0.2, 0) is 4.74 Å². The molecule has 0 saturated heterocycles. The van der Waals surface area contributed by atoms with Gasteiger partial charge in [-0.15, -0.1) is 0 Å². The zero-order valence-corrected chi connectivity index (χ0v) is 11.5. The van der Waals surface area contributed by atoms with Crippen LogP contribution >= 0.6 is 0 Å². The smallest absolute Gasteiger partial charge is 0.226 e. The first kappa shape index (κ1) is 13.9. The van der Waals surface area contributed by atoms with Gasteiger partial charge in [0.2, 0.25) is 5.95 Å². The summed E-state index contributed by atoms with van der Waals surface area (Å²) in [6, 6.07) is 2.30. The van der Waals surface area contributed by atoms with Crippen LogP contribution in [0.1, 0.15) is 32.1 Å². The van der Waals surface area contributed by atoms with Crippen LogP contribution in [0.3, 0.4) is 0 Å². The summed E-state index contributed by atoms with van der Waals surface area (Å²) >= 11 is 0. The Hall–Kier alpha value is -1.56. The van der Waals surface area contributed by atoms with E-state index in [1.165, 1.54) is 32.1 Å². The van der Waals surface area contributed by atoms with Crippen molar-refractivity contribution in [1.82, 2.24) is 9.97 Å². The topological polar surface area (TPSA) is 85.1 Å². The van der Waals surface area contributed by atoms with E-state index in [4.69, 9.17) is 10.5 Å². The molecule has 0 unspecified atom stereocenters. The molecule has 0 aromatic carbocycles. The SMILES string of the molecule is COCCNc1nc(N)cc(NC2CCCCC2)n1. The van der Waals surface area contributed by atoms with Crippen molar-refractivity contribution in [3.63, 3.8) is 0 Å². The molecule has 1 saturated carbocycles. The minimum atomic E-state index is 0.480. The molecule has 2 rings (SSSR count). The summed E-state index contributed by atoms with van der Waals surface area (Å²) in [5.74, 6) is 1.84. The molecule has 4 N–H and O–H groups in total. The number of rotatable bonds is 6. The summed E-state index contributed by atoms with van der Waals surface area (Å²) in [6.45, 7) is 1.28. The highest BCUT2D eigenvalue weighted by Crippen LogP contribution is 2.21. The summed E-state index contributed by atoms with van der Waals surface area (Å²) < 4.78 is 4.98. The van der Waals surface area contributed by atoms with Crippen LogP contribution in [0, 0.1) is 0 Å². The van der Waals surface area contributed by atoms with Crippen molar-refractivity contribution < 1.29 is 4.74 Å². The number of aromatic nitrogens is 2. The highest BCUT2D eigenvalue weighted by Gasteiger charge is 2.14. The van der Waals surface area contributed by atoms with E-state index < -0.39 is 0 Å². The minimum absolute atomic E-state index is 0.480. The predicted octanol–water partition coefficient (Wildman–Crippen LogP) is 1.86. The van der Waals surface area contributed by atoms with Crippen molar-refractivity contribution in [3.05, 3.63) is 6.07 Å². The number of nitrogens with one attached hydrogen (secondary N) is 2. The molecular weight excluding hydrogens is 242 g/mol. The Morgan fingerprint density at radius 3 is 2.84 bits per heavy atom. The van der Waals surface area contributed by atoms with Gasteiger partial charge in [0.25, 0.3) is 0 Å². The largest absolute Gasteiger partial charge is 0.383 e. The average molecular weight is 265 g/mol. The molecule has 6 nitrogen and oxygen atoms in total. The summed E-state index contributed by atoms with van der Waals surface area (Å²) in [7, 11) is 1.66. The molecule has 1 aromatic rings. The van der Waals surface area contributed by atoms with Crippen molar-refractivity contribution >= 4 is 17.6 Å². The summed E-state index contributed by atoms with van der Waals surface area (Å²) in [6.07, 6.45) is 6.33. The lowest BCUT2D eigenvalue weighted by Gasteiger charge is -2.23. The van der Waals surface area contributed by atoms with E-state index >= 15 is 0 Å². The van der Waals surface area contributed by atoms with E-state index in [1.807, 2.05) is 0 Å². The number of ether oxygens (including phenoxy) is 1. The van der Waals surface area contributed by atoms with E-state index in [-0.39, 0.29) is 0 Å². The second kappa shape index (κ2) is 7.13. The molecule has 0 bridgehead atoms. The van der Waals surface area contributed by atoms with Crippen LogP contribution < -0.4 is 16.4 Å². The number of nitrogens with zero attached hydrogens (tertiary/aromatic N) is 2. The van der Waals surface area contributed by atoms with E-state index in [0.29, 0.717) is 31.0 Å². The number of anilines is 3. The van der Waals surface area contributed by atoms with Crippen molar-refractivity contribution in [2.24, 2.45) is 0 Å². The first-order valence-corrected chi connectivity index (χ1v) is 6.92. The molecule has 0 radical (unpaired) electrons. The van der Waals surface area contributed by atoms with Gasteiger partial charge in [-0.05, 0) is 12.8 Å². The molecule has 1 aliphatic carbocycles. The summed E-state index contributed by atoms with van der Waals surface area (Å²) in [4.78, 5) is 8.59. The maximum Gasteiger partial charge on any atom is 0.226 e. The average Bonchev–Trinajstić information content (AvgIpc) is 2.39. The Morgan fingerprint density at radius 1 is 1.32 bits per heavy atom. The predicted molar refractivity (Wildman–Crippen MR) is 77.3 cm³/mol. The maximum absolute atomic E-state index is 5.81. The van der Waals surface area contributed by atoms with Crippen LogP contribution in [-0.4, -0.2) is 36.3 Å². The molecule has 0 spiro atoms. The van der Waals surface area contributed by atoms with Crippen LogP contribution in [0.15, 0.2) is 6.07 Å². The van der Waals surface area contributed by atoms with Crippen LogP contribution in [0.4, 0.5) is 17.6 Å². The Morgan fingerprint density at radius 2 is 2.11 bits per heavy atom. The second-order valence-corrected chi connectivity index (χ2v) is 4.90. The standard InChI is InChI=1S/C13H23N5O/c1-19-8-7-15-13-17-11(14)9-12(18-13)16-10-5-3-2-4-6-10/h9-10H,2-8H2,1H3,(H4,14,15,16,17,18). The Balaban J connectivity index is 1.95. The van der Waals surface area contributed by atoms with Gasteiger partial charge in [-0.1, -0.05) is 19.3 Å². The molecule has 1 heterocycles. The number of nitrogen functional groups attached to an aromatic ring is 1. The Labute approximate surface area is 114 Å². The number of hydrogen-bond acceptors (Lipinski definition) is 6. The number of nitrogens with two attached hydrogens (primary N) is 1. The van der Waals surface area contributed by atoms with Gasteiger partial charge in [0.05, 0.1) is 6.61 Å². The third-order valence-corrected chi connectivity index (χ3v) is 3.29. The monoisotopic (exact) mass is 265 g/mol. The van der Waals surface area contributed by atoms with Gasteiger partial charge in [0.15, 0.2) is 0 Å². The van der Waals surface area contributed by atoms with Crippen molar-refractivity contribution in [2.75, 3.05) is 36.6 Å². The highest BCUT2D eigenvalue weighted by molar-refractivity contribution is 5.50. The summed E-state index contributed by atoms with van der Waals surface area (Å²) in [5.41, 5.74) is 5.81. The van der Waals surface area contributed by atoms with Gasteiger partial charge < -0.3 is 21.1 Å². The third kappa shape index (κ3) is 4.55. The van der Waals surface area contributed by atoms with Gasteiger partial charge in [-0.25, -0.2) is 0 Å². The van der Waals surface area contributed by atoms with Gasteiger partial charge in [0, 0.05) is 25.8 Å². The van der Waals surface area contributed by atoms with Crippen LogP contribution in [0.25, 0.3) is 0 Å². The van der Waals surface area contributed by atoms with Crippen molar-refractivity contribution in [3.8, 4) is 0 Å². The molecule has 0 amide bonds. The quantitative estimate of drug-likeness (QED) is 0.681. The lowest BCUT2D eigenvalue weighted by Crippen LogP contribution is -2.23. The number of methoxy groups -OCH3 is 1. The summed E-state index contributed by atoms with van der Waals surface area (Å²) in [5, 5.41) is 6.55. The second-order valence-electron chi connectivity index (χ2n) is 4.90. The van der Waals surface area contributed by atoms with E-state index in [2.05, 4.69) is 20.6 Å². The molecule has 0 atom stereocenters. The van der Waals surface area contributed by atoms with E-state index in [9.17, 15) is 0 Å².